The van der Waals surface area contributed by atoms with Gasteiger partial charge in [0.2, 0.25) is 5.88 Å². The SMILES string of the molecule is CC1(C)CC(=O)C2=C(C1)Oc1c(c(=O)c3cc(Cl)ccc3n1-c1ccccc1)[C@H]2c1ccc(Cl)cc1. The lowest BCUT2D eigenvalue weighted by Crippen LogP contribution is -2.36. The van der Waals surface area contributed by atoms with Crippen LogP contribution in [-0.2, 0) is 4.79 Å². The van der Waals surface area contributed by atoms with Crippen LogP contribution in [0.25, 0.3) is 16.6 Å². The standard InChI is InChI=1S/C30H23Cl2NO3/c1-30(2)15-23(34)26-24(16-30)36-29-27(25(26)17-8-10-18(31)11-9-17)28(35)21-14-19(32)12-13-22(21)33(29)20-6-4-3-5-7-20/h3-14,25H,15-16H2,1-2H3/t25-/m0/s1. The van der Waals surface area contributed by atoms with E-state index in [9.17, 15) is 9.59 Å². The molecule has 6 heteroatoms. The minimum Gasteiger partial charge on any atom is -0.444 e. The van der Waals surface area contributed by atoms with Gasteiger partial charge in [-0.3, -0.25) is 14.2 Å². The minimum atomic E-state index is -0.574. The molecule has 0 saturated heterocycles. The normalized spacial score (nSPS) is 18.6. The Bertz CT molecular complexity index is 1630. The Balaban J connectivity index is 1.76. The Morgan fingerprint density at radius 3 is 2.31 bits per heavy atom. The molecule has 1 aliphatic carbocycles. The molecule has 0 saturated carbocycles. The molecular weight excluding hydrogens is 493 g/mol. The van der Waals surface area contributed by atoms with Crippen LogP contribution in [-0.4, -0.2) is 10.4 Å². The summed E-state index contributed by atoms with van der Waals surface area (Å²) in [4.78, 5) is 27.8. The van der Waals surface area contributed by atoms with Gasteiger partial charge in [0.25, 0.3) is 0 Å². The highest BCUT2D eigenvalue weighted by atomic mass is 35.5. The predicted octanol–water partition coefficient (Wildman–Crippen LogP) is 7.47. The number of allylic oxidation sites excluding steroid dienone is 2. The van der Waals surface area contributed by atoms with Gasteiger partial charge in [-0.25, -0.2) is 0 Å². The number of ketones is 1. The number of hydrogen-bond donors (Lipinski definition) is 0. The summed E-state index contributed by atoms with van der Waals surface area (Å²) in [5, 5.41) is 1.53. The van der Waals surface area contributed by atoms with E-state index in [0.29, 0.717) is 56.6 Å². The van der Waals surface area contributed by atoms with Crippen molar-refractivity contribution in [3.63, 3.8) is 0 Å². The smallest absolute Gasteiger partial charge is 0.212 e. The molecule has 2 aliphatic rings. The lowest BCUT2D eigenvalue weighted by Gasteiger charge is -2.39. The number of benzene rings is 3. The van der Waals surface area contributed by atoms with Crippen LogP contribution in [0.2, 0.25) is 10.0 Å². The molecule has 3 aromatic carbocycles. The van der Waals surface area contributed by atoms with Crippen molar-refractivity contribution in [1.29, 1.82) is 0 Å². The third-order valence-electron chi connectivity index (χ3n) is 7.02. The molecule has 1 aliphatic heterocycles. The van der Waals surface area contributed by atoms with Gasteiger partial charge >= 0.3 is 0 Å². The van der Waals surface area contributed by atoms with E-state index in [0.717, 1.165) is 11.3 Å². The number of carbonyl (C=O) groups is 1. The predicted molar refractivity (Wildman–Crippen MR) is 144 cm³/mol. The highest BCUT2D eigenvalue weighted by Gasteiger charge is 2.44. The second-order valence-electron chi connectivity index (χ2n) is 10.2. The van der Waals surface area contributed by atoms with Crippen molar-refractivity contribution >= 4 is 39.9 Å². The van der Waals surface area contributed by atoms with Gasteiger partial charge in [0.05, 0.1) is 17.0 Å². The van der Waals surface area contributed by atoms with E-state index < -0.39 is 5.92 Å². The van der Waals surface area contributed by atoms with Gasteiger partial charge in [0.1, 0.15) is 5.76 Å². The molecule has 0 unspecified atom stereocenters. The fraction of sp³-hybridized carbons (Fsp3) is 0.200. The van der Waals surface area contributed by atoms with Crippen LogP contribution < -0.4 is 10.2 Å². The zero-order valence-electron chi connectivity index (χ0n) is 19.8. The topological polar surface area (TPSA) is 48.3 Å². The molecule has 180 valence electrons. The number of carbonyl (C=O) groups excluding carboxylic acids is 1. The Labute approximate surface area is 218 Å². The van der Waals surface area contributed by atoms with E-state index in [1.807, 2.05) is 53.1 Å². The highest BCUT2D eigenvalue weighted by Crippen LogP contribution is 2.50. The molecule has 1 aromatic heterocycles. The van der Waals surface area contributed by atoms with Gasteiger partial charge in [-0.15, -0.1) is 0 Å². The number of nitrogens with zero attached hydrogens (tertiary/aromatic N) is 1. The number of rotatable bonds is 2. The largest absolute Gasteiger partial charge is 0.444 e. The fourth-order valence-electron chi connectivity index (χ4n) is 5.49. The van der Waals surface area contributed by atoms with Crippen molar-refractivity contribution in [1.82, 2.24) is 4.57 Å². The number of ether oxygens (including phenoxy) is 1. The first kappa shape index (κ1) is 23.1. The lowest BCUT2D eigenvalue weighted by molar-refractivity contribution is -0.118. The van der Waals surface area contributed by atoms with Gasteiger partial charge in [-0.2, -0.15) is 0 Å². The lowest BCUT2D eigenvalue weighted by atomic mass is 9.70. The van der Waals surface area contributed by atoms with E-state index in [4.69, 9.17) is 27.9 Å². The molecule has 0 bridgehead atoms. The molecule has 6 rings (SSSR count). The summed E-state index contributed by atoms with van der Waals surface area (Å²) in [6, 6.07) is 22.4. The Morgan fingerprint density at radius 1 is 0.889 bits per heavy atom. The number of hydrogen-bond acceptors (Lipinski definition) is 3. The molecule has 0 spiro atoms. The molecule has 2 heterocycles. The Kier molecular flexibility index (Phi) is 5.36. The quantitative estimate of drug-likeness (QED) is 0.278. The molecule has 36 heavy (non-hydrogen) atoms. The number of fused-ring (bicyclic) bond motifs is 2. The molecule has 0 N–H and O–H groups in total. The first-order valence-corrected chi connectivity index (χ1v) is 12.6. The Hall–Kier alpha value is -3.34. The van der Waals surface area contributed by atoms with Crippen molar-refractivity contribution in [2.75, 3.05) is 0 Å². The van der Waals surface area contributed by atoms with Crippen LogP contribution in [0.5, 0.6) is 5.88 Å². The zero-order valence-corrected chi connectivity index (χ0v) is 21.4. The van der Waals surface area contributed by atoms with E-state index in [1.54, 1.807) is 24.3 Å². The molecule has 4 nitrogen and oxygen atoms in total. The van der Waals surface area contributed by atoms with Gasteiger partial charge in [-0.1, -0.05) is 67.4 Å². The minimum absolute atomic E-state index is 0.00343. The summed E-state index contributed by atoms with van der Waals surface area (Å²) in [5.74, 6) is 0.491. The third-order valence-corrected chi connectivity index (χ3v) is 7.50. The molecule has 1 atom stereocenters. The summed E-state index contributed by atoms with van der Waals surface area (Å²) in [5.41, 5.74) is 2.91. The summed E-state index contributed by atoms with van der Waals surface area (Å²) >= 11 is 12.6. The summed E-state index contributed by atoms with van der Waals surface area (Å²) in [7, 11) is 0. The maximum absolute atomic E-state index is 14.2. The maximum atomic E-state index is 14.2. The van der Waals surface area contributed by atoms with Crippen molar-refractivity contribution in [2.45, 2.75) is 32.6 Å². The van der Waals surface area contributed by atoms with Gasteiger partial charge < -0.3 is 4.74 Å². The van der Waals surface area contributed by atoms with Crippen molar-refractivity contribution in [3.8, 4) is 11.6 Å². The van der Waals surface area contributed by atoms with Crippen LogP contribution in [0.1, 0.15) is 43.7 Å². The summed E-state index contributed by atoms with van der Waals surface area (Å²) in [6.45, 7) is 4.13. The van der Waals surface area contributed by atoms with Crippen LogP contribution in [0.4, 0.5) is 0 Å². The summed E-state index contributed by atoms with van der Waals surface area (Å²) in [6.07, 6.45) is 0.986. The fourth-order valence-corrected chi connectivity index (χ4v) is 5.78. The number of Topliss-reactive ketones (excluding diaryl/α,β-unsaturated/α-hetero) is 1. The molecule has 4 aromatic rings. The second kappa shape index (κ2) is 8.36. The molecule has 0 amide bonds. The average molecular weight is 516 g/mol. The van der Waals surface area contributed by atoms with Crippen molar-refractivity contribution < 1.29 is 9.53 Å². The van der Waals surface area contributed by atoms with E-state index in [2.05, 4.69) is 13.8 Å². The number of para-hydroxylation sites is 1. The Morgan fingerprint density at radius 2 is 1.58 bits per heavy atom. The van der Waals surface area contributed by atoms with Crippen LogP contribution >= 0.6 is 23.2 Å². The van der Waals surface area contributed by atoms with Gasteiger partial charge in [-0.05, 0) is 53.4 Å². The van der Waals surface area contributed by atoms with E-state index in [1.165, 1.54) is 0 Å². The van der Waals surface area contributed by atoms with Gasteiger partial charge in [0, 0.05) is 39.5 Å². The number of halogens is 2. The monoisotopic (exact) mass is 515 g/mol. The summed E-state index contributed by atoms with van der Waals surface area (Å²) < 4.78 is 8.54. The number of aromatic nitrogens is 1. The van der Waals surface area contributed by atoms with E-state index >= 15 is 0 Å². The molecule has 0 fully saturated rings. The first-order chi connectivity index (χ1) is 17.2. The first-order valence-electron chi connectivity index (χ1n) is 11.9. The molecular formula is C30H23Cl2NO3. The molecule has 0 radical (unpaired) electrons. The van der Waals surface area contributed by atoms with Crippen molar-refractivity contribution in [3.05, 3.63) is 116 Å². The van der Waals surface area contributed by atoms with E-state index in [-0.39, 0.29) is 16.6 Å². The average Bonchev–Trinajstić information content (AvgIpc) is 2.84. The van der Waals surface area contributed by atoms with Crippen LogP contribution in [0.3, 0.4) is 0 Å². The van der Waals surface area contributed by atoms with Crippen LogP contribution in [0.15, 0.2) is 88.9 Å². The zero-order chi connectivity index (χ0) is 25.2. The van der Waals surface area contributed by atoms with Gasteiger partial charge in [0.15, 0.2) is 11.2 Å². The second-order valence-corrected chi connectivity index (χ2v) is 11.1. The number of pyridine rings is 1. The highest BCUT2D eigenvalue weighted by molar-refractivity contribution is 6.31. The van der Waals surface area contributed by atoms with Crippen LogP contribution in [0, 0.1) is 5.41 Å². The maximum Gasteiger partial charge on any atom is 0.212 e. The third kappa shape index (κ3) is 3.68. The van der Waals surface area contributed by atoms with Crippen molar-refractivity contribution in [2.24, 2.45) is 5.41 Å².